The van der Waals surface area contributed by atoms with E-state index >= 15 is 0 Å². The molecule has 0 unspecified atom stereocenters. The highest BCUT2D eigenvalue weighted by Crippen LogP contribution is 2.30. The predicted molar refractivity (Wildman–Crippen MR) is 131 cm³/mol. The van der Waals surface area contributed by atoms with Crippen LogP contribution in [0.2, 0.25) is 0 Å². The minimum atomic E-state index is -2.77. The van der Waals surface area contributed by atoms with Gasteiger partial charge in [0.2, 0.25) is 0 Å². The van der Waals surface area contributed by atoms with E-state index in [-0.39, 0.29) is 11.6 Å². The minimum Gasteiger partial charge on any atom is -0.340 e. The summed E-state index contributed by atoms with van der Waals surface area (Å²) in [5.41, 5.74) is 3.60. The fourth-order valence-corrected chi connectivity index (χ4v) is 4.69. The number of urea groups is 1. The van der Waals surface area contributed by atoms with E-state index in [9.17, 15) is 18.4 Å². The molecule has 2 N–H and O–H groups in total. The number of hydrogen-bond acceptors (Lipinski definition) is 5. The third-order valence-corrected chi connectivity index (χ3v) is 6.56. The second kappa shape index (κ2) is 8.40. The van der Waals surface area contributed by atoms with Crippen LogP contribution in [0.25, 0.3) is 22.2 Å². The summed E-state index contributed by atoms with van der Waals surface area (Å²) in [6.45, 7) is -0.144. The molecule has 10 heteroatoms. The van der Waals surface area contributed by atoms with E-state index < -0.39 is 19.0 Å². The number of rotatable bonds is 3. The van der Waals surface area contributed by atoms with Gasteiger partial charge in [0.05, 0.1) is 13.1 Å². The lowest BCUT2D eigenvalue weighted by Crippen LogP contribution is -2.61. The number of aromatic nitrogens is 3. The molecule has 0 aliphatic carbocycles. The zero-order chi connectivity index (χ0) is 24.9. The molecule has 0 bridgehead atoms. The van der Waals surface area contributed by atoms with Crippen molar-refractivity contribution in [2.75, 3.05) is 25.0 Å². The molecule has 4 heterocycles. The Morgan fingerprint density at radius 3 is 2.72 bits per heavy atom. The van der Waals surface area contributed by atoms with Gasteiger partial charge >= 0.3 is 6.03 Å². The lowest BCUT2D eigenvalue weighted by atomic mass is 9.97. The largest absolute Gasteiger partial charge is 0.340 e. The summed E-state index contributed by atoms with van der Waals surface area (Å²) in [5.74, 6) is -1.60. The molecular formula is C26H22F2N6O2. The van der Waals surface area contributed by atoms with Crippen molar-refractivity contribution < 1.29 is 13.6 Å². The van der Waals surface area contributed by atoms with Gasteiger partial charge in [0.1, 0.15) is 5.82 Å². The van der Waals surface area contributed by atoms with Crippen LogP contribution in [0.3, 0.4) is 0 Å². The van der Waals surface area contributed by atoms with Crippen molar-refractivity contribution in [2.24, 2.45) is 0 Å². The Morgan fingerprint density at radius 2 is 1.89 bits per heavy atom. The Morgan fingerprint density at radius 1 is 1.03 bits per heavy atom. The molecule has 182 valence electrons. The van der Waals surface area contributed by atoms with Crippen LogP contribution in [0, 0.1) is 0 Å². The number of benzene rings is 2. The fourth-order valence-electron chi connectivity index (χ4n) is 4.69. The first kappa shape index (κ1) is 22.1. The van der Waals surface area contributed by atoms with Gasteiger partial charge in [0.25, 0.3) is 11.5 Å². The summed E-state index contributed by atoms with van der Waals surface area (Å²) in [7, 11) is 0. The highest BCUT2D eigenvalue weighted by Gasteiger charge is 2.47. The topological polar surface area (TPSA) is 94.2 Å². The number of halogens is 2. The van der Waals surface area contributed by atoms with Crippen LogP contribution in [0.4, 0.5) is 25.1 Å². The van der Waals surface area contributed by atoms with Crippen molar-refractivity contribution in [3.8, 4) is 11.4 Å². The highest BCUT2D eigenvalue weighted by molar-refractivity contribution is 5.85. The van der Waals surface area contributed by atoms with E-state index in [1.54, 1.807) is 29.4 Å². The van der Waals surface area contributed by atoms with E-state index in [0.717, 1.165) is 27.8 Å². The van der Waals surface area contributed by atoms with E-state index in [2.05, 4.69) is 20.3 Å². The molecule has 2 aliphatic rings. The van der Waals surface area contributed by atoms with Gasteiger partial charge < -0.3 is 20.1 Å². The molecule has 4 aromatic rings. The lowest BCUT2D eigenvalue weighted by molar-refractivity contribution is -0.114. The SMILES string of the molecule is O=C(N1CCc2cc(-c3nccc(Nc4ccc5c(=O)[nH]ccc5c4)n3)ccc2C1)N1CC(F)(F)C1. The monoisotopic (exact) mass is 488 g/mol. The molecule has 36 heavy (non-hydrogen) atoms. The van der Waals surface area contributed by atoms with E-state index in [1.807, 2.05) is 36.4 Å². The second-order valence-electron chi connectivity index (χ2n) is 9.15. The van der Waals surface area contributed by atoms with Gasteiger partial charge in [-0.25, -0.2) is 23.5 Å². The Kier molecular flexibility index (Phi) is 5.17. The van der Waals surface area contributed by atoms with E-state index in [1.165, 1.54) is 4.90 Å². The number of hydrogen-bond donors (Lipinski definition) is 2. The third-order valence-electron chi connectivity index (χ3n) is 6.56. The number of alkyl halides is 2. The van der Waals surface area contributed by atoms with Crippen molar-refractivity contribution >= 4 is 28.3 Å². The number of fused-ring (bicyclic) bond motifs is 2. The maximum atomic E-state index is 13.1. The summed E-state index contributed by atoms with van der Waals surface area (Å²) >= 11 is 0. The molecular weight excluding hydrogens is 466 g/mol. The molecule has 0 atom stereocenters. The average molecular weight is 488 g/mol. The van der Waals surface area contributed by atoms with Crippen molar-refractivity contribution in [2.45, 2.75) is 18.9 Å². The summed E-state index contributed by atoms with van der Waals surface area (Å²) in [5, 5.41) is 4.70. The summed E-state index contributed by atoms with van der Waals surface area (Å²) in [6.07, 6.45) is 3.93. The Hall–Kier alpha value is -4.34. The quantitative estimate of drug-likeness (QED) is 0.452. The molecule has 0 saturated carbocycles. The first-order valence-electron chi connectivity index (χ1n) is 11.6. The van der Waals surface area contributed by atoms with Crippen LogP contribution in [0.15, 0.2) is 65.7 Å². The van der Waals surface area contributed by atoms with Gasteiger partial charge in [-0.05, 0) is 59.3 Å². The Labute approximate surface area is 204 Å². The molecule has 0 spiro atoms. The molecule has 6 rings (SSSR count). The molecule has 1 fully saturated rings. The zero-order valence-electron chi connectivity index (χ0n) is 19.2. The predicted octanol–water partition coefficient (Wildman–Crippen LogP) is 4.16. The first-order valence-corrected chi connectivity index (χ1v) is 11.6. The van der Waals surface area contributed by atoms with E-state index in [0.29, 0.717) is 36.5 Å². The molecule has 0 radical (unpaired) electrons. The van der Waals surface area contributed by atoms with Crippen LogP contribution < -0.4 is 10.9 Å². The number of H-pyrrole nitrogens is 1. The second-order valence-corrected chi connectivity index (χ2v) is 9.15. The van der Waals surface area contributed by atoms with Crippen LogP contribution in [0.1, 0.15) is 11.1 Å². The normalized spacial score (nSPS) is 16.4. The number of likely N-dealkylation sites (tertiary alicyclic amines) is 1. The maximum Gasteiger partial charge on any atom is 0.320 e. The minimum absolute atomic E-state index is 0.134. The number of anilines is 2. The number of carbonyl (C=O) groups excluding carboxylic acids is 1. The number of amides is 2. The third kappa shape index (κ3) is 4.15. The van der Waals surface area contributed by atoms with E-state index in [4.69, 9.17) is 0 Å². The van der Waals surface area contributed by atoms with Gasteiger partial charge in [-0.2, -0.15) is 0 Å². The van der Waals surface area contributed by atoms with Crippen molar-refractivity contribution in [3.05, 3.63) is 82.4 Å². The Bertz CT molecular complexity index is 1550. The maximum absolute atomic E-state index is 13.1. The zero-order valence-corrected chi connectivity index (χ0v) is 19.2. The summed E-state index contributed by atoms with van der Waals surface area (Å²) in [6, 6.07) is 14.6. The van der Waals surface area contributed by atoms with Gasteiger partial charge in [0, 0.05) is 42.1 Å². The number of aromatic amines is 1. The number of carbonyl (C=O) groups is 1. The molecule has 8 nitrogen and oxygen atoms in total. The molecule has 2 aliphatic heterocycles. The number of nitrogens with zero attached hydrogens (tertiary/aromatic N) is 4. The van der Waals surface area contributed by atoms with Crippen LogP contribution >= 0.6 is 0 Å². The molecule has 2 amide bonds. The van der Waals surface area contributed by atoms with Gasteiger partial charge in [-0.3, -0.25) is 4.79 Å². The standard InChI is InChI=1S/C26H22F2N6O2/c27-26(28)14-34(15-26)25(36)33-10-7-16-11-18(1-2-19(16)13-33)23-29-9-6-22(32-23)31-20-3-4-21-17(12-20)5-8-30-24(21)35/h1-6,8-9,11-12H,7,10,13-15H2,(H,30,35)(H,29,31,32). The molecule has 1 saturated heterocycles. The highest BCUT2D eigenvalue weighted by atomic mass is 19.3. The van der Waals surface area contributed by atoms with Gasteiger partial charge in [0.15, 0.2) is 5.82 Å². The Balaban J connectivity index is 1.18. The fraction of sp³-hybridized carbons (Fsp3) is 0.231. The number of pyridine rings is 1. The van der Waals surface area contributed by atoms with Crippen molar-refractivity contribution in [1.82, 2.24) is 24.8 Å². The van der Waals surface area contributed by atoms with Crippen LogP contribution in [0.5, 0.6) is 0 Å². The number of nitrogens with one attached hydrogen (secondary N) is 2. The van der Waals surface area contributed by atoms with Crippen molar-refractivity contribution in [1.29, 1.82) is 0 Å². The average Bonchev–Trinajstić information content (AvgIpc) is 2.86. The van der Waals surface area contributed by atoms with Crippen molar-refractivity contribution in [3.63, 3.8) is 0 Å². The van der Waals surface area contributed by atoms with Gasteiger partial charge in [-0.15, -0.1) is 0 Å². The van der Waals surface area contributed by atoms with Crippen LogP contribution in [-0.4, -0.2) is 56.3 Å². The van der Waals surface area contributed by atoms with Crippen LogP contribution in [-0.2, 0) is 13.0 Å². The van der Waals surface area contributed by atoms with Gasteiger partial charge in [-0.1, -0.05) is 12.1 Å². The molecule has 2 aromatic carbocycles. The first-order chi connectivity index (χ1) is 17.3. The smallest absolute Gasteiger partial charge is 0.320 e. The summed E-state index contributed by atoms with van der Waals surface area (Å²) in [4.78, 5) is 39.0. The summed E-state index contributed by atoms with van der Waals surface area (Å²) < 4.78 is 26.3. The molecule has 2 aromatic heterocycles. The lowest BCUT2D eigenvalue weighted by Gasteiger charge is -2.42.